The first-order valence-corrected chi connectivity index (χ1v) is 9.92. The minimum absolute atomic E-state index is 0.179. The maximum absolute atomic E-state index is 13.3. The summed E-state index contributed by atoms with van der Waals surface area (Å²) in [6.07, 6.45) is 0. The molecule has 0 aliphatic heterocycles. The minimum atomic E-state index is -0.581. The topological polar surface area (TPSA) is 39.4 Å². The van der Waals surface area contributed by atoms with Crippen molar-refractivity contribution in [1.29, 1.82) is 0 Å². The lowest BCUT2D eigenvalue weighted by molar-refractivity contribution is 0.00678. The summed E-state index contributed by atoms with van der Waals surface area (Å²) in [5.74, 6) is 0.490. The van der Waals surface area contributed by atoms with E-state index in [2.05, 4.69) is 0 Å². The smallest absolute Gasteiger partial charge is 0.342 e. The summed E-state index contributed by atoms with van der Waals surface area (Å²) in [6.45, 7) is 7.25. The van der Waals surface area contributed by atoms with E-state index < -0.39 is 11.6 Å². The van der Waals surface area contributed by atoms with E-state index in [0.717, 1.165) is 10.5 Å². The fourth-order valence-corrected chi connectivity index (χ4v) is 3.83. The molecule has 0 N–H and O–H groups in total. The highest BCUT2D eigenvalue weighted by Crippen LogP contribution is 2.42. The quantitative estimate of drug-likeness (QED) is 0.360. The maximum Gasteiger partial charge on any atom is 0.342 e. The van der Waals surface area contributed by atoms with Gasteiger partial charge in [-0.3, -0.25) is 0 Å². The molecule has 146 valence electrons. The molecule has 3 aromatic rings. The molecule has 1 atom stereocenters. The van der Waals surface area contributed by atoms with Gasteiger partial charge in [-0.05, 0) is 63.6 Å². The fourth-order valence-electron chi connectivity index (χ4n) is 2.74. The van der Waals surface area contributed by atoms with Gasteiger partial charge in [0.2, 0.25) is 0 Å². The molecular weight excluding hydrogens is 375 g/mol. The second-order valence-corrected chi connectivity index (χ2v) is 8.66. The normalized spacial score (nSPS) is 12.6. The summed E-state index contributed by atoms with van der Waals surface area (Å²) in [5.41, 5.74) is 0.870. The number of esters is 1. The Morgan fingerprint density at radius 2 is 1.71 bits per heavy atom. The van der Waals surface area contributed by atoms with Crippen LogP contribution >= 0.6 is 11.8 Å². The van der Waals surface area contributed by atoms with Crippen molar-refractivity contribution in [3.05, 3.63) is 89.1 Å². The van der Waals surface area contributed by atoms with Crippen LogP contribution in [0.1, 0.15) is 53.5 Å². The molecule has 1 aromatic heterocycles. The van der Waals surface area contributed by atoms with Crippen LogP contribution in [0.2, 0.25) is 0 Å². The molecular formula is C23H23FO3S. The summed E-state index contributed by atoms with van der Waals surface area (Å²) >= 11 is 1.54. The Balaban J connectivity index is 1.96. The Kier molecular flexibility index (Phi) is 5.94. The van der Waals surface area contributed by atoms with E-state index in [1.807, 2.05) is 51.1 Å². The lowest BCUT2D eigenvalue weighted by atomic mass is 10.1. The van der Waals surface area contributed by atoms with Crippen LogP contribution in [0.3, 0.4) is 0 Å². The Morgan fingerprint density at radius 3 is 2.32 bits per heavy atom. The zero-order chi connectivity index (χ0) is 20.3. The molecule has 0 radical (unpaired) electrons. The highest BCUT2D eigenvalue weighted by molar-refractivity contribution is 7.99. The Bertz CT molecular complexity index is 940. The number of carbonyl (C=O) groups is 1. The zero-order valence-corrected chi connectivity index (χ0v) is 17.2. The van der Waals surface area contributed by atoms with Crippen LogP contribution in [0.15, 0.2) is 70.0 Å². The number of furan rings is 1. The Morgan fingerprint density at radius 1 is 1.07 bits per heavy atom. The van der Waals surface area contributed by atoms with E-state index in [4.69, 9.17) is 9.15 Å². The molecule has 0 bridgehead atoms. The molecule has 0 spiro atoms. The van der Waals surface area contributed by atoms with Crippen LogP contribution in [0.5, 0.6) is 0 Å². The monoisotopic (exact) mass is 398 g/mol. The van der Waals surface area contributed by atoms with E-state index in [-0.39, 0.29) is 11.1 Å². The van der Waals surface area contributed by atoms with Crippen molar-refractivity contribution in [2.45, 2.75) is 43.4 Å². The zero-order valence-electron chi connectivity index (χ0n) is 16.4. The predicted octanol–water partition coefficient (Wildman–Crippen LogP) is 6.56. The predicted molar refractivity (Wildman–Crippen MR) is 109 cm³/mol. The molecule has 0 saturated carbocycles. The second-order valence-electron chi connectivity index (χ2n) is 7.48. The van der Waals surface area contributed by atoms with E-state index in [1.54, 1.807) is 25.1 Å². The van der Waals surface area contributed by atoms with Crippen molar-refractivity contribution in [2.24, 2.45) is 0 Å². The van der Waals surface area contributed by atoms with Crippen LogP contribution in [0, 0.1) is 12.7 Å². The van der Waals surface area contributed by atoms with Crippen LogP contribution in [-0.4, -0.2) is 11.6 Å². The molecule has 0 aliphatic rings. The molecule has 5 heteroatoms. The number of hydrogen-bond donors (Lipinski definition) is 0. The molecule has 3 rings (SSSR count). The summed E-state index contributed by atoms with van der Waals surface area (Å²) in [7, 11) is 0. The molecule has 0 aliphatic carbocycles. The SMILES string of the molecule is Cc1oc(C(Sc2ccc(F)cc2)c2ccccc2)cc1C(=O)OC(C)(C)C. The number of halogens is 1. The molecule has 2 aromatic carbocycles. The van der Waals surface area contributed by atoms with Gasteiger partial charge in [-0.1, -0.05) is 30.3 Å². The van der Waals surface area contributed by atoms with Gasteiger partial charge in [0.1, 0.15) is 28.5 Å². The van der Waals surface area contributed by atoms with E-state index in [0.29, 0.717) is 17.1 Å². The van der Waals surface area contributed by atoms with Gasteiger partial charge in [0.05, 0.1) is 5.25 Å². The van der Waals surface area contributed by atoms with Gasteiger partial charge in [0.15, 0.2) is 0 Å². The van der Waals surface area contributed by atoms with Crippen molar-refractivity contribution in [2.75, 3.05) is 0 Å². The van der Waals surface area contributed by atoms with E-state index >= 15 is 0 Å². The van der Waals surface area contributed by atoms with Gasteiger partial charge in [-0.2, -0.15) is 0 Å². The molecule has 0 fully saturated rings. The number of hydrogen-bond acceptors (Lipinski definition) is 4. The lowest BCUT2D eigenvalue weighted by Gasteiger charge is -2.19. The number of aryl methyl sites for hydroxylation is 1. The Hall–Kier alpha value is -2.53. The highest BCUT2D eigenvalue weighted by atomic mass is 32.2. The largest absolute Gasteiger partial charge is 0.464 e. The van der Waals surface area contributed by atoms with E-state index in [1.165, 1.54) is 23.9 Å². The minimum Gasteiger partial charge on any atom is -0.464 e. The molecule has 1 heterocycles. The number of thioether (sulfide) groups is 1. The first-order chi connectivity index (χ1) is 13.2. The van der Waals surface area contributed by atoms with Gasteiger partial charge in [-0.25, -0.2) is 9.18 Å². The summed E-state index contributed by atoms with van der Waals surface area (Å²) in [6, 6.07) is 18.0. The van der Waals surface area contributed by atoms with Crippen molar-refractivity contribution in [3.8, 4) is 0 Å². The van der Waals surface area contributed by atoms with Gasteiger partial charge < -0.3 is 9.15 Å². The number of benzene rings is 2. The van der Waals surface area contributed by atoms with Crippen LogP contribution < -0.4 is 0 Å². The standard InChI is InChI=1S/C23H23FO3S/c1-15-19(22(25)27-23(2,3)4)14-20(26-15)21(16-8-6-5-7-9-16)28-18-12-10-17(24)11-13-18/h5-14,21H,1-4H3. The third-order valence-electron chi connectivity index (χ3n) is 3.98. The van der Waals surface area contributed by atoms with Crippen molar-refractivity contribution >= 4 is 17.7 Å². The van der Waals surface area contributed by atoms with Gasteiger partial charge in [-0.15, -0.1) is 11.8 Å². The van der Waals surface area contributed by atoms with Crippen LogP contribution in [0.4, 0.5) is 4.39 Å². The summed E-state index contributed by atoms with van der Waals surface area (Å²) in [5, 5.41) is -0.179. The molecule has 1 unspecified atom stereocenters. The van der Waals surface area contributed by atoms with E-state index in [9.17, 15) is 9.18 Å². The van der Waals surface area contributed by atoms with Gasteiger partial charge in [0.25, 0.3) is 0 Å². The van der Waals surface area contributed by atoms with Gasteiger partial charge >= 0.3 is 5.97 Å². The Labute approximate surface area is 168 Å². The fraction of sp³-hybridized carbons (Fsp3) is 0.261. The van der Waals surface area contributed by atoms with Gasteiger partial charge in [0, 0.05) is 4.90 Å². The molecule has 3 nitrogen and oxygen atoms in total. The number of ether oxygens (including phenoxy) is 1. The number of carbonyl (C=O) groups excluding carboxylic acids is 1. The van der Waals surface area contributed by atoms with Crippen molar-refractivity contribution < 1.29 is 18.3 Å². The second kappa shape index (κ2) is 8.23. The van der Waals surface area contributed by atoms with Crippen molar-refractivity contribution in [3.63, 3.8) is 0 Å². The van der Waals surface area contributed by atoms with Crippen LogP contribution in [0.25, 0.3) is 0 Å². The number of rotatable bonds is 5. The molecule has 0 amide bonds. The third kappa shape index (κ3) is 5.04. The first kappa shape index (κ1) is 20.2. The lowest BCUT2D eigenvalue weighted by Crippen LogP contribution is -2.24. The van der Waals surface area contributed by atoms with Crippen LogP contribution in [-0.2, 0) is 4.74 Å². The molecule has 0 saturated heterocycles. The summed E-state index contributed by atoms with van der Waals surface area (Å²) in [4.78, 5) is 13.4. The molecule has 28 heavy (non-hydrogen) atoms. The third-order valence-corrected chi connectivity index (χ3v) is 5.27. The average molecular weight is 398 g/mol. The average Bonchev–Trinajstić information content (AvgIpc) is 3.02. The summed E-state index contributed by atoms with van der Waals surface area (Å²) < 4.78 is 24.7. The maximum atomic E-state index is 13.3. The van der Waals surface area contributed by atoms with Crippen molar-refractivity contribution in [1.82, 2.24) is 0 Å². The first-order valence-electron chi connectivity index (χ1n) is 9.04. The highest BCUT2D eigenvalue weighted by Gasteiger charge is 2.26.